The van der Waals surface area contributed by atoms with E-state index in [1.165, 1.54) is 65.1 Å². The fourth-order valence-corrected chi connectivity index (χ4v) is 17.3. The number of aryl methyl sites for hydroxylation is 1. The standard InChI is InChI=1S/C91H63B2N5S/c1-62-29-27-46-76(66-34-13-4-14-35-66)91(62)98-83-61-87-80(93-78-48-24-26-50-82(78)97(71-43-21-8-22-44-71)86-58-75(59-88(99-87)90(86)93)94(68-37-15-5-16-38-68)69-39-17-6-18-40-69)60-79(83)92-77-47-23-25-49-81(77)96(70-41-19-7-20-42-70)84-56-74(57-85(98)89(84)92)95(72-53-51-65(52-54-72)63-30-9-2-10-31-63)73-45-28-36-67(55-73)64-32-11-3-12-33-64/h2-61H,1H3. The molecule has 464 valence electrons. The molecule has 0 amide bonds. The van der Waals surface area contributed by atoms with Crippen LogP contribution in [0, 0.1) is 6.92 Å². The van der Waals surface area contributed by atoms with Gasteiger partial charge in [-0.1, -0.05) is 266 Å². The van der Waals surface area contributed by atoms with Crippen molar-refractivity contribution in [1.82, 2.24) is 0 Å². The number of anilines is 15. The summed E-state index contributed by atoms with van der Waals surface area (Å²) < 4.78 is 0. The zero-order valence-electron chi connectivity index (χ0n) is 54.4. The molecule has 5 nitrogen and oxygen atoms in total. The molecule has 0 fully saturated rings. The second-order valence-electron chi connectivity index (χ2n) is 26.0. The Kier molecular flexibility index (Phi) is 14.2. The van der Waals surface area contributed by atoms with Crippen molar-refractivity contribution in [2.45, 2.75) is 16.7 Å². The van der Waals surface area contributed by atoms with Gasteiger partial charge in [0.05, 0.1) is 11.4 Å². The number of hydrogen-bond acceptors (Lipinski definition) is 6. The minimum absolute atomic E-state index is 0.105. The van der Waals surface area contributed by atoms with Crippen molar-refractivity contribution < 1.29 is 0 Å². The van der Waals surface area contributed by atoms with Crippen LogP contribution in [-0.4, -0.2) is 13.4 Å². The van der Waals surface area contributed by atoms with Gasteiger partial charge in [-0.05, 0) is 183 Å². The molecule has 0 aromatic heterocycles. The highest BCUT2D eigenvalue weighted by Crippen LogP contribution is 2.53. The van der Waals surface area contributed by atoms with Crippen molar-refractivity contribution in [3.63, 3.8) is 0 Å². The zero-order valence-corrected chi connectivity index (χ0v) is 55.3. The maximum Gasteiger partial charge on any atom is 0.252 e. The lowest BCUT2D eigenvalue weighted by atomic mass is 9.31. The molecule has 0 saturated carbocycles. The van der Waals surface area contributed by atoms with Crippen LogP contribution in [0.15, 0.2) is 374 Å². The highest BCUT2D eigenvalue weighted by Gasteiger charge is 2.48. The topological polar surface area (TPSA) is 16.2 Å². The highest BCUT2D eigenvalue weighted by molar-refractivity contribution is 8.00. The second kappa shape index (κ2) is 24.2. The van der Waals surface area contributed by atoms with E-state index in [0.717, 1.165) is 102 Å². The molecule has 0 bridgehead atoms. The predicted octanol–water partition coefficient (Wildman–Crippen LogP) is 20.8. The summed E-state index contributed by atoms with van der Waals surface area (Å²) in [5, 5.41) is 0. The van der Waals surface area contributed by atoms with E-state index in [9.17, 15) is 0 Å². The van der Waals surface area contributed by atoms with Crippen molar-refractivity contribution in [3.05, 3.63) is 370 Å². The number of rotatable bonds is 12. The van der Waals surface area contributed by atoms with Gasteiger partial charge in [0, 0.05) is 89.3 Å². The lowest BCUT2D eigenvalue weighted by molar-refractivity contribution is 1.21. The minimum atomic E-state index is -0.181. The van der Waals surface area contributed by atoms with Crippen molar-refractivity contribution >= 4 is 143 Å². The number of para-hydroxylation sites is 7. The lowest BCUT2D eigenvalue weighted by Gasteiger charge is -2.46. The van der Waals surface area contributed by atoms with Crippen LogP contribution in [-0.2, 0) is 0 Å². The van der Waals surface area contributed by atoms with Crippen LogP contribution in [0.25, 0.3) is 33.4 Å². The molecule has 19 rings (SSSR count). The van der Waals surface area contributed by atoms with Crippen LogP contribution in [0.4, 0.5) is 85.3 Å². The van der Waals surface area contributed by atoms with Crippen LogP contribution in [0.3, 0.4) is 0 Å². The summed E-state index contributed by atoms with van der Waals surface area (Å²) in [5.41, 5.74) is 32.5. The van der Waals surface area contributed by atoms with Crippen molar-refractivity contribution in [3.8, 4) is 33.4 Å². The Labute approximate surface area is 583 Å². The molecule has 0 atom stereocenters. The van der Waals surface area contributed by atoms with Gasteiger partial charge in [0.1, 0.15) is 0 Å². The van der Waals surface area contributed by atoms with E-state index in [2.05, 4.69) is 395 Å². The third kappa shape index (κ3) is 9.81. The molecule has 0 unspecified atom stereocenters. The van der Waals surface area contributed by atoms with Crippen LogP contribution in [0.5, 0.6) is 0 Å². The van der Waals surface area contributed by atoms with Gasteiger partial charge in [-0.3, -0.25) is 0 Å². The van der Waals surface area contributed by atoms with Gasteiger partial charge >= 0.3 is 0 Å². The Balaban J connectivity index is 0.908. The van der Waals surface area contributed by atoms with Crippen molar-refractivity contribution in [2.24, 2.45) is 0 Å². The fraction of sp³-hybridized carbons (Fsp3) is 0.0110. The van der Waals surface area contributed by atoms with Crippen LogP contribution in [0.2, 0.25) is 0 Å². The van der Waals surface area contributed by atoms with Crippen molar-refractivity contribution in [1.29, 1.82) is 0 Å². The molecule has 99 heavy (non-hydrogen) atoms. The summed E-state index contributed by atoms with van der Waals surface area (Å²) in [5.74, 6) is 0. The van der Waals surface area contributed by atoms with E-state index >= 15 is 0 Å². The maximum atomic E-state index is 2.68. The number of benzene rings is 15. The third-order valence-electron chi connectivity index (χ3n) is 20.3. The van der Waals surface area contributed by atoms with Gasteiger partial charge in [-0.2, -0.15) is 0 Å². The van der Waals surface area contributed by atoms with E-state index in [1.54, 1.807) is 0 Å². The minimum Gasteiger partial charge on any atom is -0.311 e. The molecule has 15 aromatic rings. The van der Waals surface area contributed by atoms with E-state index < -0.39 is 0 Å². The molecular formula is C91H63B2N5S. The molecule has 0 N–H and O–H groups in total. The predicted molar refractivity (Wildman–Crippen MR) is 421 cm³/mol. The van der Waals surface area contributed by atoms with Gasteiger partial charge in [-0.25, -0.2) is 0 Å². The van der Waals surface area contributed by atoms with Crippen molar-refractivity contribution in [2.75, 3.05) is 24.5 Å². The summed E-state index contributed by atoms with van der Waals surface area (Å²) in [6.45, 7) is 2.02. The van der Waals surface area contributed by atoms with Crippen LogP contribution >= 0.6 is 11.8 Å². The molecule has 0 radical (unpaired) electrons. The lowest BCUT2D eigenvalue weighted by Crippen LogP contribution is -2.64. The number of hydrogen-bond donors (Lipinski definition) is 0. The van der Waals surface area contributed by atoms with Crippen LogP contribution in [0.1, 0.15) is 5.56 Å². The Morgan fingerprint density at radius 2 is 0.677 bits per heavy atom. The largest absolute Gasteiger partial charge is 0.311 e. The first-order chi connectivity index (χ1) is 49.1. The van der Waals surface area contributed by atoms with E-state index in [0.29, 0.717) is 0 Å². The SMILES string of the molecule is Cc1cccc(-c2ccccc2)c1N1c2cc3c(cc2B2c4ccccc4N(c4ccccc4)c4cc(N(c5ccc(-c6ccccc6)cc5)c5cccc(-c6ccccc6)c5)cc1c42)B1c2ccccc2N(c2ccccc2)c2cc(N(c4ccccc4)c4ccccc4)cc(c21)S3. The van der Waals surface area contributed by atoms with Gasteiger partial charge in [-0.15, -0.1) is 0 Å². The van der Waals surface area contributed by atoms with Gasteiger partial charge in [0.25, 0.3) is 6.71 Å². The Bertz CT molecular complexity index is 5530. The first-order valence-electron chi connectivity index (χ1n) is 34.1. The number of fused-ring (bicyclic) bond motifs is 8. The first kappa shape index (κ1) is 58.2. The summed E-state index contributed by atoms with van der Waals surface area (Å²) >= 11 is 1.91. The normalized spacial score (nSPS) is 12.8. The van der Waals surface area contributed by atoms with E-state index in [4.69, 9.17) is 0 Å². The average molecular weight is 1280 g/mol. The molecule has 0 saturated heterocycles. The smallest absolute Gasteiger partial charge is 0.252 e. The molecule has 0 spiro atoms. The number of nitrogens with zero attached hydrogens (tertiary/aromatic N) is 5. The molecule has 15 aromatic carbocycles. The van der Waals surface area contributed by atoms with Gasteiger partial charge in [0.2, 0.25) is 6.71 Å². The summed E-state index contributed by atoms with van der Waals surface area (Å²) in [6, 6.07) is 135. The Morgan fingerprint density at radius 3 is 1.26 bits per heavy atom. The average Bonchev–Trinajstić information content (AvgIpc) is 0.688. The zero-order chi connectivity index (χ0) is 65.5. The summed E-state index contributed by atoms with van der Waals surface area (Å²) in [6.07, 6.45) is 0. The first-order valence-corrected chi connectivity index (χ1v) is 34.9. The third-order valence-corrected chi connectivity index (χ3v) is 21.4. The molecule has 4 heterocycles. The molecular weight excluding hydrogens is 1220 g/mol. The Hall–Kier alpha value is -12.2. The molecule has 8 heteroatoms. The summed E-state index contributed by atoms with van der Waals surface area (Å²) in [7, 11) is 0. The molecule has 4 aliphatic heterocycles. The van der Waals surface area contributed by atoms with Gasteiger partial charge in [0.15, 0.2) is 0 Å². The quantitative estimate of drug-likeness (QED) is 0.113. The fourth-order valence-electron chi connectivity index (χ4n) is 16.1. The molecule has 4 aliphatic rings. The maximum absolute atomic E-state index is 2.68. The highest BCUT2D eigenvalue weighted by atomic mass is 32.2. The second-order valence-corrected chi connectivity index (χ2v) is 27.1. The van der Waals surface area contributed by atoms with Gasteiger partial charge < -0.3 is 24.5 Å². The Morgan fingerprint density at radius 1 is 0.253 bits per heavy atom. The van der Waals surface area contributed by atoms with E-state index in [1.807, 2.05) is 11.8 Å². The van der Waals surface area contributed by atoms with Crippen LogP contribution < -0.4 is 57.3 Å². The monoisotopic (exact) mass is 1280 g/mol. The summed E-state index contributed by atoms with van der Waals surface area (Å²) in [4.78, 5) is 15.1. The molecule has 0 aliphatic carbocycles. The van der Waals surface area contributed by atoms with E-state index in [-0.39, 0.29) is 13.4 Å².